The number of anilines is 2. The number of benzene rings is 1. The molecule has 0 saturated heterocycles. The van der Waals surface area contributed by atoms with E-state index in [4.69, 9.17) is 22.6 Å². The third kappa shape index (κ3) is 3.09. The highest BCUT2D eigenvalue weighted by Gasteiger charge is 2.46. The number of fused-ring (bicyclic) bond motifs is 3. The normalized spacial score (nSPS) is 26.1. The molecule has 1 saturated carbocycles. The van der Waals surface area contributed by atoms with E-state index in [1.807, 2.05) is 18.5 Å². The van der Waals surface area contributed by atoms with Gasteiger partial charge in [0.2, 0.25) is 0 Å². The predicted molar refractivity (Wildman–Crippen MR) is 137 cm³/mol. The Balaban J connectivity index is 1.13. The van der Waals surface area contributed by atoms with Gasteiger partial charge in [0.05, 0.1) is 17.1 Å². The van der Waals surface area contributed by atoms with Gasteiger partial charge in [0, 0.05) is 30.1 Å². The Bertz CT molecular complexity index is 1370. The molecule has 0 amide bonds. The van der Waals surface area contributed by atoms with Gasteiger partial charge in [-0.1, -0.05) is 24.3 Å². The number of nitrogens with one attached hydrogen (secondary N) is 1. The van der Waals surface area contributed by atoms with Crippen molar-refractivity contribution in [1.29, 1.82) is 0 Å². The molecule has 1 unspecified atom stereocenters. The molecule has 1 N–H and O–H groups in total. The van der Waals surface area contributed by atoms with Gasteiger partial charge in [0.25, 0.3) is 0 Å². The van der Waals surface area contributed by atoms with Crippen molar-refractivity contribution in [3.05, 3.63) is 71.3 Å². The average Bonchev–Trinajstić information content (AvgIpc) is 3.43. The van der Waals surface area contributed by atoms with Crippen LogP contribution in [-0.2, 0) is 12.8 Å². The number of rotatable bonds is 2. The summed E-state index contributed by atoms with van der Waals surface area (Å²) in [5.74, 6) is 1.30. The lowest BCUT2D eigenvalue weighted by Gasteiger charge is -2.40. The second kappa shape index (κ2) is 7.80. The van der Waals surface area contributed by atoms with Crippen molar-refractivity contribution in [1.82, 2.24) is 25.1 Å². The molecule has 172 valence electrons. The number of aromatic amines is 1. The SMILES string of the molecule is SC1c2ccccc2CC12CCC(c1cnc3c(N4CCCc5ncccc54)n[nH]c3n1)CC2. The van der Waals surface area contributed by atoms with Gasteiger partial charge in [0.1, 0.15) is 0 Å². The van der Waals surface area contributed by atoms with Crippen LogP contribution in [0, 0.1) is 5.41 Å². The van der Waals surface area contributed by atoms with Crippen LogP contribution in [0.5, 0.6) is 0 Å². The first-order valence-electron chi connectivity index (χ1n) is 12.4. The highest BCUT2D eigenvalue weighted by atomic mass is 32.1. The van der Waals surface area contributed by atoms with Crippen molar-refractivity contribution in [3.63, 3.8) is 0 Å². The minimum absolute atomic E-state index is 0.289. The molecular formula is C27H28N6S. The summed E-state index contributed by atoms with van der Waals surface area (Å²) in [6, 6.07) is 13.0. The van der Waals surface area contributed by atoms with E-state index in [1.54, 1.807) is 0 Å². The van der Waals surface area contributed by atoms with Crippen LogP contribution in [0.15, 0.2) is 48.8 Å². The van der Waals surface area contributed by atoms with E-state index in [-0.39, 0.29) is 5.41 Å². The van der Waals surface area contributed by atoms with Crippen LogP contribution in [0.4, 0.5) is 11.5 Å². The van der Waals surface area contributed by atoms with Crippen molar-refractivity contribution >= 4 is 35.3 Å². The lowest BCUT2D eigenvalue weighted by molar-refractivity contribution is 0.182. The molecule has 0 radical (unpaired) electrons. The van der Waals surface area contributed by atoms with E-state index in [1.165, 1.54) is 24.0 Å². The maximum atomic E-state index is 5.09. The molecule has 6 nitrogen and oxygen atoms in total. The summed E-state index contributed by atoms with van der Waals surface area (Å²) in [5.41, 5.74) is 8.18. The Hall–Kier alpha value is -2.93. The van der Waals surface area contributed by atoms with Gasteiger partial charge in [-0.2, -0.15) is 17.7 Å². The second-order valence-corrected chi connectivity index (χ2v) is 10.7. The van der Waals surface area contributed by atoms with Crippen LogP contribution in [-0.4, -0.2) is 31.7 Å². The van der Waals surface area contributed by atoms with E-state index in [9.17, 15) is 0 Å². The van der Waals surface area contributed by atoms with E-state index >= 15 is 0 Å². The summed E-state index contributed by atoms with van der Waals surface area (Å²) in [4.78, 5) is 16.7. The third-order valence-electron chi connectivity index (χ3n) is 8.35. The van der Waals surface area contributed by atoms with Gasteiger partial charge in [-0.25, -0.2) is 9.97 Å². The summed E-state index contributed by atoms with van der Waals surface area (Å²) in [6.45, 7) is 0.917. The lowest BCUT2D eigenvalue weighted by Crippen LogP contribution is -2.29. The molecule has 34 heavy (non-hydrogen) atoms. The van der Waals surface area contributed by atoms with E-state index in [2.05, 4.69) is 50.4 Å². The number of hydrogen-bond donors (Lipinski definition) is 2. The second-order valence-electron chi connectivity index (χ2n) is 10.2. The molecule has 2 aliphatic carbocycles. The van der Waals surface area contributed by atoms with Crippen molar-refractivity contribution in [2.24, 2.45) is 5.41 Å². The largest absolute Gasteiger partial charge is 0.321 e. The van der Waals surface area contributed by atoms with Gasteiger partial charge in [-0.15, -0.1) is 0 Å². The smallest absolute Gasteiger partial charge is 0.183 e. The Kier molecular flexibility index (Phi) is 4.69. The van der Waals surface area contributed by atoms with Crippen LogP contribution >= 0.6 is 12.6 Å². The fourth-order valence-electron chi connectivity index (χ4n) is 6.51. The minimum Gasteiger partial charge on any atom is -0.321 e. The van der Waals surface area contributed by atoms with Crippen LogP contribution in [0.3, 0.4) is 0 Å². The molecule has 3 aromatic heterocycles. The standard InChI is InChI=1S/C27H28N6S/c34-24-19-6-2-1-5-18(19)15-27(24)11-9-17(10-12-27)21-16-29-23-25(30-21)31-32-26(23)33-14-4-7-20-22(33)8-3-13-28-20/h1-3,5-6,8,13,16-17,24,34H,4,7,9-12,14-15H2,(H,30,31,32). The van der Waals surface area contributed by atoms with Gasteiger partial charge in [0.15, 0.2) is 17.0 Å². The van der Waals surface area contributed by atoms with Crippen molar-refractivity contribution in [3.8, 4) is 0 Å². The quantitative estimate of drug-likeness (QED) is 0.369. The minimum atomic E-state index is 0.289. The molecule has 3 aliphatic rings. The summed E-state index contributed by atoms with van der Waals surface area (Å²) >= 11 is 5.09. The third-order valence-corrected chi connectivity index (χ3v) is 9.18. The van der Waals surface area contributed by atoms with Crippen molar-refractivity contribution in [2.45, 2.75) is 56.1 Å². The lowest BCUT2D eigenvalue weighted by atomic mass is 9.68. The van der Waals surface area contributed by atoms with Crippen molar-refractivity contribution < 1.29 is 0 Å². The molecule has 1 aromatic carbocycles. The topological polar surface area (TPSA) is 70.6 Å². The zero-order chi connectivity index (χ0) is 22.7. The van der Waals surface area contributed by atoms with E-state index in [0.29, 0.717) is 11.2 Å². The number of aryl methyl sites for hydroxylation is 1. The molecule has 1 spiro atoms. The highest BCUT2D eigenvalue weighted by molar-refractivity contribution is 7.80. The Labute approximate surface area is 204 Å². The first kappa shape index (κ1) is 20.4. The van der Waals surface area contributed by atoms with Gasteiger partial charge in [-0.05, 0) is 73.6 Å². The van der Waals surface area contributed by atoms with Crippen LogP contribution in [0.2, 0.25) is 0 Å². The Morgan fingerprint density at radius 1 is 1.06 bits per heavy atom. The number of H-pyrrole nitrogens is 1. The number of nitrogens with zero attached hydrogens (tertiary/aromatic N) is 5. The molecule has 1 aliphatic heterocycles. The van der Waals surface area contributed by atoms with E-state index in [0.717, 1.165) is 72.7 Å². The maximum absolute atomic E-state index is 5.09. The summed E-state index contributed by atoms with van der Waals surface area (Å²) in [5, 5.41) is 8.14. The number of pyridine rings is 1. The molecule has 4 heterocycles. The zero-order valence-corrected chi connectivity index (χ0v) is 20.0. The maximum Gasteiger partial charge on any atom is 0.183 e. The van der Waals surface area contributed by atoms with Crippen LogP contribution in [0.1, 0.15) is 65.8 Å². The molecule has 7 heteroatoms. The first-order valence-corrected chi connectivity index (χ1v) is 12.9. The summed E-state index contributed by atoms with van der Waals surface area (Å²) in [7, 11) is 0. The molecule has 4 aromatic rings. The van der Waals surface area contributed by atoms with Crippen LogP contribution in [0.25, 0.3) is 11.2 Å². The number of thiol groups is 1. The average molecular weight is 469 g/mol. The molecule has 7 rings (SSSR count). The van der Waals surface area contributed by atoms with Crippen LogP contribution < -0.4 is 4.90 Å². The monoisotopic (exact) mass is 468 g/mol. The number of aromatic nitrogens is 5. The van der Waals surface area contributed by atoms with Crippen molar-refractivity contribution in [2.75, 3.05) is 11.4 Å². The number of hydrogen-bond acceptors (Lipinski definition) is 6. The van der Waals surface area contributed by atoms with Gasteiger partial charge in [-0.3, -0.25) is 10.1 Å². The summed E-state index contributed by atoms with van der Waals surface area (Å²) < 4.78 is 0. The Morgan fingerprint density at radius 2 is 1.94 bits per heavy atom. The summed E-state index contributed by atoms with van der Waals surface area (Å²) in [6.07, 6.45) is 11.7. The zero-order valence-electron chi connectivity index (χ0n) is 19.1. The molecule has 1 fully saturated rings. The molecule has 1 atom stereocenters. The molecular weight excluding hydrogens is 440 g/mol. The Morgan fingerprint density at radius 3 is 2.82 bits per heavy atom. The first-order chi connectivity index (χ1) is 16.7. The fraction of sp³-hybridized carbons (Fsp3) is 0.407. The van der Waals surface area contributed by atoms with Gasteiger partial charge >= 0.3 is 0 Å². The van der Waals surface area contributed by atoms with E-state index < -0.39 is 0 Å². The highest BCUT2D eigenvalue weighted by Crippen LogP contribution is 2.58. The predicted octanol–water partition coefficient (Wildman–Crippen LogP) is 5.70. The van der Waals surface area contributed by atoms with Gasteiger partial charge < -0.3 is 4.90 Å². The fourth-order valence-corrected chi connectivity index (χ4v) is 7.11. The molecule has 0 bridgehead atoms.